The lowest BCUT2D eigenvalue weighted by Gasteiger charge is -2.08. The van der Waals surface area contributed by atoms with E-state index < -0.39 is 10.0 Å². The first-order chi connectivity index (χ1) is 8.94. The molecule has 102 valence electrons. The number of hydrogen-bond donors (Lipinski definition) is 1. The summed E-state index contributed by atoms with van der Waals surface area (Å²) in [6.45, 7) is 4.29. The molecule has 1 aromatic heterocycles. The fraction of sp³-hybridized carbons (Fsp3) is 0.250. The van der Waals surface area contributed by atoms with Gasteiger partial charge in [0.05, 0.1) is 11.9 Å². The third kappa shape index (κ3) is 2.98. The van der Waals surface area contributed by atoms with Crippen molar-refractivity contribution in [3.63, 3.8) is 0 Å². The fourth-order valence-corrected chi connectivity index (χ4v) is 3.40. The second kappa shape index (κ2) is 5.34. The van der Waals surface area contributed by atoms with E-state index in [9.17, 15) is 8.42 Å². The summed E-state index contributed by atoms with van der Waals surface area (Å²) in [5.41, 5.74) is 1.14. The molecule has 2 rings (SSSR count). The highest BCUT2D eigenvalue weighted by atomic mass is 79.9. The standard InChI is InChI=1S/C12H14BrN3O2S/c1-3-16-9(2)12(8-14-16)19(17,18)15-11-6-4-5-10(13)7-11/h4-8,15H,3H2,1-2H3. The van der Waals surface area contributed by atoms with Crippen molar-refractivity contribution in [3.05, 3.63) is 40.6 Å². The van der Waals surface area contributed by atoms with Gasteiger partial charge in [-0.3, -0.25) is 9.40 Å². The van der Waals surface area contributed by atoms with Crippen molar-refractivity contribution in [2.24, 2.45) is 0 Å². The molecular weight excluding hydrogens is 330 g/mol. The van der Waals surface area contributed by atoms with Gasteiger partial charge in [0.15, 0.2) is 0 Å². The van der Waals surface area contributed by atoms with Crippen molar-refractivity contribution in [3.8, 4) is 0 Å². The maximum Gasteiger partial charge on any atom is 0.265 e. The topological polar surface area (TPSA) is 64.0 Å². The number of aromatic nitrogens is 2. The first-order valence-electron chi connectivity index (χ1n) is 5.75. The number of halogens is 1. The van der Waals surface area contributed by atoms with E-state index in [1.165, 1.54) is 6.20 Å². The predicted octanol–water partition coefficient (Wildman–Crippen LogP) is 2.77. The van der Waals surface area contributed by atoms with Crippen LogP contribution in [0.15, 0.2) is 39.8 Å². The number of nitrogens with one attached hydrogen (secondary N) is 1. The molecule has 0 aliphatic heterocycles. The third-order valence-corrected chi connectivity index (χ3v) is 4.70. The Morgan fingerprint density at radius 3 is 2.74 bits per heavy atom. The van der Waals surface area contributed by atoms with Gasteiger partial charge >= 0.3 is 0 Å². The van der Waals surface area contributed by atoms with Crippen LogP contribution in [0.25, 0.3) is 0 Å². The number of benzene rings is 1. The van der Waals surface area contributed by atoms with Gasteiger partial charge in [-0.25, -0.2) is 8.42 Å². The normalized spacial score (nSPS) is 11.5. The van der Waals surface area contributed by atoms with Gasteiger partial charge in [-0.05, 0) is 32.0 Å². The van der Waals surface area contributed by atoms with Gasteiger partial charge < -0.3 is 0 Å². The van der Waals surface area contributed by atoms with Crippen LogP contribution in [0.3, 0.4) is 0 Å². The highest BCUT2D eigenvalue weighted by Gasteiger charge is 2.20. The van der Waals surface area contributed by atoms with Crippen LogP contribution < -0.4 is 4.72 Å². The molecule has 0 bridgehead atoms. The Kier molecular flexibility index (Phi) is 3.96. The van der Waals surface area contributed by atoms with Gasteiger partial charge in [0.25, 0.3) is 10.0 Å². The van der Waals surface area contributed by atoms with Crippen molar-refractivity contribution in [1.29, 1.82) is 0 Å². The molecule has 1 N–H and O–H groups in total. The molecule has 5 nitrogen and oxygen atoms in total. The molecule has 0 radical (unpaired) electrons. The maximum atomic E-state index is 12.3. The second-order valence-corrected chi connectivity index (χ2v) is 6.59. The van der Waals surface area contributed by atoms with Crippen LogP contribution in [0.2, 0.25) is 0 Å². The lowest BCUT2D eigenvalue weighted by molar-refractivity contribution is 0.598. The van der Waals surface area contributed by atoms with Crippen molar-refractivity contribution < 1.29 is 8.42 Å². The van der Waals surface area contributed by atoms with Gasteiger partial charge in [0.1, 0.15) is 4.90 Å². The summed E-state index contributed by atoms with van der Waals surface area (Å²) in [5, 5.41) is 4.05. The zero-order valence-electron chi connectivity index (χ0n) is 10.6. The van der Waals surface area contributed by atoms with Crippen molar-refractivity contribution in [2.45, 2.75) is 25.3 Å². The number of sulfonamides is 1. The van der Waals surface area contributed by atoms with Gasteiger partial charge in [-0.2, -0.15) is 5.10 Å². The fourth-order valence-electron chi connectivity index (χ4n) is 1.77. The molecule has 0 aliphatic carbocycles. The van der Waals surface area contributed by atoms with Crippen molar-refractivity contribution in [2.75, 3.05) is 4.72 Å². The molecule has 0 saturated heterocycles. The highest BCUT2D eigenvalue weighted by molar-refractivity contribution is 9.10. The Morgan fingerprint density at radius 1 is 1.42 bits per heavy atom. The first kappa shape index (κ1) is 14.1. The molecule has 0 fully saturated rings. The quantitative estimate of drug-likeness (QED) is 0.928. The molecule has 2 aromatic rings. The van der Waals surface area contributed by atoms with Crippen LogP contribution in [0.5, 0.6) is 0 Å². The van der Waals surface area contributed by atoms with E-state index in [0.29, 0.717) is 17.9 Å². The number of hydrogen-bond acceptors (Lipinski definition) is 3. The third-order valence-electron chi connectivity index (χ3n) is 2.72. The van der Waals surface area contributed by atoms with Crippen LogP contribution in [0.4, 0.5) is 5.69 Å². The van der Waals surface area contributed by atoms with E-state index in [4.69, 9.17) is 0 Å². The zero-order chi connectivity index (χ0) is 14.0. The van der Waals surface area contributed by atoms with E-state index in [2.05, 4.69) is 25.8 Å². The van der Waals surface area contributed by atoms with E-state index in [0.717, 1.165) is 4.47 Å². The summed E-state index contributed by atoms with van der Waals surface area (Å²) in [6, 6.07) is 7.00. The molecule has 19 heavy (non-hydrogen) atoms. The van der Waals surface area contributed by atoms with Gasteiger partial charge in [0, 0.05) is 16.7 Å². The monoisotopic (exact) mass is 343 g/mol. The predicted molar refractivity (Wildman–Crippen MR) is 77.6 cm³/mol. The minimum atomic E-state index is -3.60. The average Bonchev–Trinajstić information content (AvgIpc) is 2.70. The Hall–Kier alpha value is -1.34. The van der Waals surface area contributed by atoms with Crippen molar-refractivity contribution >= 4 is 31.6 Å². The smallest absolute Gasteiger partial charge is 0.265 e. The summed E-state index contributed by atoms with van der Waals surface area (Å²) in [4.78, 5) is 0.203. The molecule has 0 amide bonds. The van der Waals surface area contributed by atoms with E-state index in [-0.39, 0.29) is 4.90 Å². The Morgan fingerprint density at radius 2 is 2.16 bits per heavy atom. The molecule has 1 heterocycles. The number of anilines is 1. The van der Waals surface area contributed by atoms with Crippen LogP contribution in [0.1, 0.15) is 12.6 Å². The molecule has 7 heteroatoms. The SMILES string of the molecule is CCn1ncc(S(=O)(=O)Nc2cccc(Br)c2)c1C. The molecule has 0 saturated carbocycles. The average molecular weight is 344 g/mol. The Balaban J connectivity index is 2.35. The molecule has 0 unspecified atom stereocenters. The van der Waals surface area contributed by atoms with Gasteiger partial charge in [-0.15, -0.1) is 0 Å². The molecule has 0 atom stereocenters. The zero-order valence-corrected chi connectivity index (χ0v) is 13.0. The highest BCUT2D eigenvalue weighted by Crippen LogP contribution is 2.21. The van der Waals surface area contributed by atoms with Gasteiger partial charge in [-0.1, -0.05) is 22.0 Å². The van der Waals surface area contributed by atoms with E-state index >= 15 is 0 Å². The maximum absolute atomic E-state index is 12.3. The number of nitrogens with zero attached hydrogens (tertiary/aromatic N) is 2. The Bertz CT molecular complexity index is 695. The second-order valence-electron chi connectivity index (χ2n) is 4.03. The lowest BCUT2D eigenvalue weighted by atomic mass is 10.3. The molecule has 0 aliphatic rings. The number of rotatable bonds is 4. The minimum absolute atomic E-state index is 0.203. The number of aryl methyl sites for hydroxylation is 1. The summed E-state index contributed by atoms with van der Waals surface area (Å²) >= 11 is 3.30. The minimum Gasteiger partial charge on any atom is -0.279 e. The summed E-state index contributed by atoms with van der Waals surface area (Å²) in [6.07, 6.45) is 1.37. The van der Waals surface area contributed by atoms with Crippen LogP contribution in [0, 0.1) is 6.92 Å². The van der Waals surface area contributed by atoms with Crippen LogP contribution in [-0.4, -0.2) is 18.2 Å². The molecule has 0 spiro atoms. The lowest BCUT2D eigenvalue weighted by Crippen LogP contribution is -2.14. The van der Waals surface area contributed by atoms with Gasteiger partial charge in [0.2, 0.25) is 0 Å². The summed E-state index contributed by atoms with van der Waals surface area (Å²) < 4.78 is 29.6. The van der Waals surface area contributed by atoms with E-state index in [1.807, 2.05) is 13.0 Å². The van der Waals surface area contributed by atoms with Crippen molar-refractivity contribution in [1.82, 2.24) is 9.78 Å². The molecule has 1 aromatic carbocycles. The summed E-state index contributed by atoms with van der Waals surface area (Å²) in [5.74, 6) is 0. The van der Waals surface area contributed by atoms with E-state index in [1.54, 1.807) is 29.8 Å². The Labute approximate surface area is 120 Å². The largest absolute Gasteiger partial charge is 0.279 e. The first-order valence-corrected chi connectivity index (χ1v) is 8.02. The van der Waals surface area contributed by atoms with Crippen LogP contribution in [-0.2, 0) is 16.6 Å². The molecular formula is C12H14BrN3O2S. The summed E-state index contributed by atoms with van der Waals surface area (Å²) in [7, 11) is -3.60. The van der Waals surface area contributed by atoms with Crippen LogP contribution >= 0.6 is 15.9 Å².